The average molecular weight is 388 g/mol. The lowest BCUT2D eigenvalue weighted by Crippen LogP contribution is -2.25. The second-order valence-corrected chi connectivity index (χ2v) is 6.99. The van der Waals surface area contributed by atoms with Crippen LogP contribution >= 0.6 is 0 Å². The molecule has 4 aromatic rings. The van der Waals surface area contributed by atoms with Crippen molar-refractivity contribution >= 4 is 11.6 Å². The number of hydrogen-bond acceptors (Lipinski definition) is 3. The highest BCUT2D eigenvalue weighted by Gasteiger charge is 2.23. The lowest BCUT2D eigenvalue weighted by Gasteiger charge is -2.18. The molecule has 0 saturated carbocycles. The normalized spacial score (nSPS) is 12.1. The summed E-state index contributed by atoms with van der Waals surface area (Å²) in [5.41, 5.74) is 4.39. The summed E-state index contributed by atoms with van der Waals surface area (Å²) in [5.74, 6) is -0.755. The van der Waals surface area contributed by atoms with Gasteiger partial charge in [-0.1, -0.05) is 18.2 Å². The van der Waals surface area contributed by atoms with E-state index in [1.807, 2.05) is 47.7 Å². The Morgan fingerprint density at radius 3 is 2.72 bits per heavy atom. The Hall–Kier alpha value is -3.54. The minimum absolute atomic E-state index is 0.111. The predicted molar refractivity (Wildman–Crippen MR) is 109 cm³/mol. The summed E-state index contributed by atoms with van der Waals surface area (Å²) in [4.78, 5) is 21.2. The molecule has 0 radical (unpaired) electrons. The number of fused-ring (bicyclic) bond motifs is 1. The van der Waals surface area contributed by atoms with Gasteiger partial charge in [0.2, 0.25) is 5.91 Å². The molecule has 0 aliphatic rings. The molecule has 5 nitrogen and oxygen atoms in total. The zero-order valence-corrected chi connectivity index (χ0v) is 16.0. The van der Waals surface area contributed by atoms with Gasteiger partial charge in [0.1, 0.15) is 11.5 Å². The topological polar surface area (TPSA) is 59.3 Å². The summed E-state index contributed by atoms with van der Waals surface area (Å²) < 4.78 is 16.0. The van der Waals surface area contributed by atoms with Gasteiger partial charge >= 0.3 is 0 Å². The number of hydrogen-bond donors (Lipinski definition) is 1. The van der Waals surface area contributed by atoms with E-state index < -0.39 is 0 Å². The fraction of sp³-hybridized carbons (Fsp3) is 0.174. The van der Waals surface area contributed by atoms with Crippen LogP contribution in [0.1, 0.15) is 34.9 Å². The highest BCUT2D eigenvalue weighted by Crippen LogP contribution is 2.30. The number of carbonyl (C=O) groups excluding carboxylic acids is 1. The third kappa shape index (κ3) is 4.16. The van der Waals surface area contributed by atoms with E-state index in [0.717, 1.165) is 28.2 Å². The molecule has 6 heteroatoms. The van der Waals surface area contributed by atoms with Crippen LogP contribution in [-0.2, 0) is 11.3 Å². The van der Waals surface area contributed by atoms with Gasteiger partial charge in [-0.25, -0.2) is 9.37 Å². The van der Waals surface area contributed by atoms with Crippen LogP contribution in [0, 0.1) is 12.7 Å². The lowest BCUT2D eigenvalue weighted by atomic mass is 9.92. The molecule has 29 heavy (non-hydrogen) atoms. The third-order valence-corrected chi connectivity index (χ3v) is 4.99. The van der Waals surface area contributed by atoms with Crippen LogP contribution < -0.4 is 5.32 Å². The van der Waals surface area contributed by atoms with E-state index in [-0.39, 0.29) is 24.1 Å². The second-order valence-electron chi connectivity index (χ2n) is 6.99. The van der Waals surface area contributed by atoms with Gasteiger partial charge in [-0.05, 0) is 54.4 Å². The van der Waals surface area contributed by atoms with Gasteiger partial charge in [-0.15, -0.1) is 0 Å². The predicted octanol–water partition coefficient (Wildman–Crippen LogP) is 4.02. The van der Waals surface area contributed by atoms with Gasteiger partial charge in [-0.2, -0.15) is 0 Å². The van der Waals surface area contributed by atoms with Crippen LogP contribution in [0.3, 0.4) is 0 Å². The maximum Gasteiger partial charge on any atom is 0.221 e. The van der Waals surface area contributed by atoms with Crippen LogP contribution in [0.15, 0.2) is 73.2 Å². The Balaban J connectivity index is 1.65. The Bertz CT molecular complexity index is 1140. The van der Waals surface area contributed by atoms with E-state index in [2.05, 4.69) is 15.3 Å². The number of halogens is 1. The molecular formula is C23H21FN4O. The monoisotopic (exact) mass is 388 g/mol. The first-order valence-electron chi connectivity index (χ1n) is 9.46. The van der Waals surface area contributed by atoms with E-state index in [4.69, 9.17) is 0 Å². The van der Waals surface area contributed by atoms with Crippen molar-refractivity contribution in [2.45, 2.75) is 25.8 Å². The first-order chi connectivity index (χ1) is 14.1. The smallest absolute Gasteiger partial charge is 0.221 e. The van der Waals surface area contributed by atoms with Gasteiger partial charge in [0.25, 0.3) is 0 Å². The van der Waals surface area contributed by atoms with Crippen molar-refractivity contribution in [1.29, 1.82) is 0 Å². The Morgan fingerprint density at radius 1 is 1.14 bits per heavy atom. The molecule has 1 aromatic carbocycles. The minimum atomic E-state index is -0.324. The number of aryl methyl sites for hydroxylation is 1. The number of carbonyl (C=O) groups is 1. The highest BCUT2D eigenvalue weighted by molar-refractivity contribution is 5.77. The van der Waals surface area contributed by atoms with Crippen molar-refractivity contribution in [1.82, 2.24) is 19.7 Å². The number of nitrogens with one attached hydrogen (secondary N) is 1. The molecule has 1 amide bonds. The van der Waals surface area contributed by atoms with Crippen LogP contribution in [0.5, 0.6) is 0 Å². The van der Waals surface area contributed by atoms with Crippen molar-refractivity contribution in [3.63, 3.8) is 0 Å². The molecule has 0 spiro atoms. The van der Waals surface area contributed by atoms with Gasteiger partial charge in [0.15, 0.2) is 0 Å². The number of rotatable bonds is 6. The quantitative estimate of drug-likeness (QED) is 0.543. The molecule has 3 heterocycles. The number of pyridine rings is 2. The zero-order chi connectivity index (χ0) is 20.2. The van der Waals surface area contributed by atoms with E-state index in [1.54, 1.807) is 24.7 Å². The molecule has 3 aromatic heterocycles. The molecular weight excluding hydrogens is 367 g/mol. The summed E-state index contributed by atoms with van der Waals surface area (Å²) in [6.45, 7) is 2.41. The van der Waals surface area contributed by atoms with Crippen molar-refractivity contribution < 1.29 is 9.18 Å². The Labute approximate surface area is 168 Å². The van der Waals surface area contributed by atoms with E-state index >= 15 is 0 Å². The van der Waals surface area contributed by atoms with Crippen molar-refractivity contribution in [3.05, 3.63) is 102 Å². The molecule has 0 saturated heterocycles. The van der Waals surface area contributed by atoms with E-state index in [9.17, 15) is 9.18 Å². The third-order valence-electron chi connectivity index (χ3n) is 4.99. The number of imidazole rings is 1. The summed E-state index contributed by atoms with van der Waals surface area (Å²) in [5, 5.41) is 2.95. The SMILES string of the molecule is Cc1cccc2ncc(C(CC(=O)NCc3ccncc3)c3cccc(F)c3)n12. The zero-order valence-electron chi connectivity index (χ0n) is 16.0. The van der Waals surface area contributed by atoms with Crippen LogP contribution in [0.2, 0.25) is 0 Å². The first-order valence-corrected chi connectivity index (χ1v) is 9.46. The maximum atomic E-state index is 13.9. The summed E-state index contributed by atoms with van der Waals surface area (Å²) in [6, 6.07) is 16.0. The first kappa shape index (κ1) is 18.8. The van der Waals surface area contributed by atoms with Crippen molar-refractivity contribution in [2.75, 3.05) is 0 Å². The molecule has 0 fully saturated rings. The molecule has 1 N–H and O–H groups in total. The second kappa shape index (κ2) is 8.22. The summed E-state index contributed by atoms with van der Waals surface area (Å²) in [6.07, 6.45) is 5.35. The van der Waals surface area contributed by atoms with Gasteiger partial charge in [0.05, 0.1) is 5.69 Å². The molecule has 0 aliphatic heterocycles. The standard InChI is InChI=1S/C23H21FN4O/c1-16-4-2-7-22-26-15-21(28(16)22)20(18-5-3-6-19(24)12-18)13-23(29)27-14-17-8-10-25-11-9-17/h2-12,15,20H,13-14H2,1H3,(H,27,29). The largest absolute Gasteiger partial charge is 0.352 e. The lowest BCUT2D eigenvalue weighted by molar-refractivity contribution is -0.121. The number of nitrogens with zero attached hydrogens (tertiary/aromatic N) is 3. The Morgan fingerprint density at radius 2 is 1.93 bits per heavy atom. The van der Waals surface area contributed by atoms with Gasteiger partial charge in [-0.3, -0.25) is 9.78 Å². The van der Waals surface area contributed by atoms with Crippen LogP contribution in [0.4, 0.5) is 4.39 Å². The number of benzene rings is 1. The molecule has 1 unspecified atom stereocenters. The maximum absolute atomic E-state index is 13.9. The summed E-state index contributed by atoms with van der Waals surface area (Å²) >= 11 is 0. The van der Waals surface area contributed by atoms with E-state index in [1.165, 1.54) is 12.1 Å². The fourth-order valence-electron chi connectivity index (χ4n) is 3.55. The van der Waals surface area contributed by atoms with Gasteiger partial charge < -0.3 is 9.72 Å². The van der Waals surface area contributed by atoms with Crippen molar-refractivity contribution in [2.24, 2.45) is 0 Å². The van der Waals surface area contributed by atoms with Crippen molar-refractivity contribution in [3.8, 4) is 0 Å². The molecule has 146 valence electrons. The fourth-order valence-corrected chi connectivity index (χ4v) is 3.55. The molecule has 0 bridgehead atoms. The minimum Gasteiger partial charge on any atom is -0.352 e. The molecule has 4 rings (SSSR count). The van der Waals surface area contributed by atoms with E-state index in [0.29, 0.717) is 6.54 Å². The Kier molecular flexibility index (Phi) is 5.33. The molecule has 0 aliphatic carbocycles. The van der Waals surface area contributed by atoms with Crippen LogP contribution in [0.25, 0.3) is 5.65 Å². The number of amides is 1. The highest BCUT2D eigenvalue weighted by atomic mass is 19.1. The summed E-state index contributed by atoms with van der Waals surface area (Å²) in [7, 11) is 0. The number of aromatic nitrogens is 3. The average Bonchev–Trinajstić information content (AvgIpc) is 3.16. The van der Waals surface area contributed by atoms with Gasteiger partial charge in [0, 0.05) is 43.2 Å². The van der Waals surface area contributed by atoms with Crippen LogP contribution in [-0.4, -0.2) is 20.3 Å². The molecule has 1 atom stereocenters.